The van der Waals surface area contributed by atoms with Crippen LogP contribution in [0.5, 0.6) is 0 Å². The van der Waals surface area contributed by atoms with Gasteiger partial charge in [-0.3, -0.25) is 4.90 Å². The number of nitrogens with zero attached hydrogens (tertiary/aromatic N) is 2. The molecule has 0 amide bonds. The summed E-state index contributed by atoms with van der Waals surface area (Å²) in [7, 11) is -2.80. The lowest BCUT2D eigenvalue weighted by molar-refractivity contribution is -0.137. The van der Waals surface area contributed by atoms with Crippen molar-refractivity contribution in [2.24, 2.45) is 5.41 Å². The zero-order chi connectivity index (χ0) is 19.3. The number of piperidine rings is 2. The van der Waals surface area contributed by atoms with Gasteiger partial charge in [-0.15, -0.1) is 0 Å². The van der Waals surface area contributed by atoms with Gasteiger partial charge in [0.25, 0.3) is 0 Å². The minimum Gasteiger partial charge on any atom is -0.370 e. The molecule has 0 N–H and O–H groups in total. The normalized spacial score (nSPS) is 28.1. The van der Waals surface area contributed by atoms with Crippen LogP contribution in [-0.4, -0.2) is 57.0 Å². The maximum Gasteiger partial charge on any atom is 0.416 e. The van der Waals surface area contributed by atoms with Crippen LogP contribution < -0.4 is 4.90 Å². The summed E-state index contributed by atoms with van der Waals surface area (Å²) >= 11 is 0. The first kappa shape index (κ1) is 19.1. The molecular formula is C19H25F3N2O2S. The van der Waals surface area contributed by atoms with Crippen LogP contribution in [0.25, 0.3) is 0 Å². The van der Waals surface area contributed by atoms with Gasteiger partial charge in [0.1, 0.15) is 0 Å². The standard InChI is InChI=1S/C19H25F3N2O2S/c20-19(21,22)15-3-5-16(6-4-15)24-9-1-2-17(12-24)23-10-7-18(8-11-23)13-27(25,26)14-18/h3-6,17H,1-2,7-14H2. The SMILES string of the molecule is O=S1(=O)CC2(CCN(C3CCCN(c4ccc(C(F)(F)F)cc4)C3)CC2)C1. The van der Waals surface area contributed by atoms with Crippen molar-refractivity contribution in [3.8, 4) is 0 Å². The van der Waals surface area contributed by atoms with Crippen molar-refractivity contribution in [3.05, 3.63) is 29.8 Å². The van der Waals surface area contributed by atoms with Crippen LogP contribution in [-0.2, 0) is 16.0 Å². The fraction of sp³-hybridized carbons (Fsp3) is 0.684. The third-order valence-corrected chi connectivity index (χ3v) is 8.49. The maximum absolute atomic E-state index is 12.8. The van der Waals surface area contributed by atoms with E-state index in [4.69, 9.17) is 0 Å². The van der Waals surface area contributed by atoms with Gasteiger partial charge in [0, 0.05) is 30.2 Å². The zero-order valence-corrected chi connectivity index (χ0v) is 16.0. The lowest BCUT2D eigenvalue weighted by atomic mass is 9.80. The molecule has 3 saturated heterocycles. The van der Waals surface area contributed by atoms with Crippen LogP contribution in [0, 0.1) is 5.41 Å². The van der Waals surface area contributed by atoms with E-state index in [0.717, 1.165) is 69.7 Å². The van der Waals surface area contributed by atoms with E-state index in [0.29, 0.717) is 17.5 Å². The van der Waals surface area contributed by atoms with E-state index in [2.05, 4.69) is 9.80 Å². The van der Waals surface area contributed by atoms with E-state index in [1.54, 1.807) is 12.1 Å². The zero-order valence-electron chi connectivity index (χ0n) is 15.2. The van der Waals surface area contributed by atoms with E-state index in [9.17, 15) is 21.6 Å². The topological polar surface area (TPSA) is 40.6 Å². The van der Waals surface area contributed by atoms with Gasteiger partial charge in [-0.25, -0.2) is 8.42 Å². The Balaban J connectivity index is 1.36. The van der Waals surface area contributed by atoms with Crippen molar-refractivity contribution in [2.45, 2.75) is 37.9 Å². The van der Waals surface area contributed by atoms with Gasteiger partial charge in [0.05, 0.1) is 17.1 Å². The second-order valence-electron chi connectivity index (χ2n) is 8.35. The molecule has 0 radical (unpaired) electrons. The average molecular weight is 402 g/mol. The number of alkyl halides is 3. The van der Waals surface area contributed by atoms with Crippen molar-refractivity contribution in [1.29, 1.82) is 0 Å². The highest BCUT2D eigenvalue weighted by Gasteiger charge is 2.50. The van der Waals surface area contributed by atoms with Crippen molar-refractivity contribution in [1.82, 2.24) is 4.90 Å². The highest BCUT2D eigenvalue weighted by Crippen LogP contribution is 2.43. The van der Waals surface area contributed by atoms with Gasteiger partial charge in [-0.2, -0.15) is 13.2 Å². The summed E-state index contributed by atoms with van der Waals surface area (Å²) < 4.78 is 61.3. The fourth-order valence-corrected chi connectivity index (χ4v) is 7.25. The van der Waals surface area contributed by atoms with Crippen LogP contribution in [0.2, 0.25) is 0 Å². The molecule has 8 heteroatoms. The van der Waals surface area contributed by atoms with E-state index in [1.165, 1.54) is 0 Å². The van der Waals surface area contributed by atoms with Crippen molar-refractivity contribution in [2.75, 3.05) is 42.6 Å². The van der Waals surface area contributed by atoms with Gasteiger partial charge < -0.3 is 4.90 Å². The smallest absolute Gasteiger partial charge is 0.370 e. The van der Waals surface area contributed by atoms with Crippen LogP contribution in [0.1, 0.15) is 31.2 Å². The van der Waals surface area contributed by atoms with Crippen molar-refractivity contribution < 1.29 is 21.6 Å². The fourth-order valence-electron chi connectivity index (χ4n) is 4.89. The van der Waals surface area contributed by atoms with E-state index in [1.807, 2.05) is 0 Å². The van der Waals surface area contributed by atoms with Gasteiger partial charge in [-0.05, 0) is 63.0 Å². The monoisotopic (exact) mass is 402 g/mol. The molecule has 1 aromatic carbocycles. The quantitative estimate of drug-likeness (QED) is 0.762. The molecule has 3 heterocycles. The number of anilines is 1. The summed E-state index contributed by atoms with van der Waals surface area (Å²) in [5.74, 6) is 0.687. The molecular weight excluding hydrogens is 377 g/mol. The molecule has 1 spiro atoms. The van der Waals surface area contributed by atoms with Crippen molar-refractivity contribution >= 4 is 15.5 Å². The third-order valence-electron chi connectivity index (χ3n) is 6.38. The summed E-state index contributed by atoms with van der Waals surface area (Å²) in [4.78, 5) is 4.62. The molecule has 0 aliphatic carbocycles. The summed E-state index contributed by atoms with van der Waals surface area (Å²) in [5.41, 5.74) is 0.236. The molecule has 0 aromatic heterocycles. The molecule has 4 rings (SSSR count). The van der Waals surface area contributed by atoms with Crippen molar-refractivity contribution in [3.63, 3.8) is 0 Å². The van der Waals surface area contributed by atoms with Gasteiger partial charge in [-0.1, -0.05) is 0 Å². The highest BCUT2D eigenvalue weighted by molar-refractivity contribution is 7.92. The lowest BCUT2D eigenvalue weighted by Crippen LogP contribution is -2.58. The minimum atomic E-state index is -4.30. The summed E-state index contributed by atoms with van der Waals surface area (Å²) in [6.07, 6.45) is -0.335. The molecule has 0 saturated carbocycles. The second kappa shape index (κ2) is 6.65. The first-order chi connectivity index (χ1) is 12.7. The molecule has 1 aromatic rings. The number of rotatable bonds is 2. The lowest BCUT2D eigenvalue weighted by Gasteiger charge is -2.50. The third kappa shape index (κ3) is 3.97. The molecule has 3 fully saturated rings. The predicted octanol–water partition coefficient (Wildman–Crippen LogP) is 3.18. The highest BCUT2D eigenvalue weighted by atomic mass is 32.2. The molecule has 4 nitrogen and oxygen atoms in total. The first-order valence-electron chi connectivity index (χ1n) is 9.53. The van der Waals surface area contributed by atoms with E-state index in [-0.39, 0.29) is 5.41 Å². The van der Waals surface area contributed by atoms with Gasteiger partial charge in [0.2, 0.25) is 0 Å². The first-order valence-corrected chi connectivity index (χ1v) is 11.3. The Labute approximate surface area is 158 Å². The van der Waals surface area contributed by atoms with E-state index >= 15 is 0 Å². The summed E-state index contributed by atoms with van der Waals surface area (Å²) in [5, 5.41) is 0. The molecule has 1 unspecified atom stereocenters. The predicted molar refractivity (Wildman–Crippen MR) is 98.6 cm³/mol. The van der Waals surface area contributed by atoms with Gasteiger partial charge in [0.15, 0.2) is 9.84 Å². The molecule has 27 heavy (non-hydrogen) atoms. The van der Waals surface area contributed by atoms with Crippen LogP contribution in [0.3, 0.4) is 0 Å². The molecule has 3 aliphatic rings. The van der Waals surface area contributed by atoms with E-state index < -0.39 is 21.6 Å². The molecule has 1 atom stereocenters. The minimum absolute atomic E-state index is 0.0110. The molecule has 150 valence electrons. The number of sulfone groups is 1. The van der Waals surface area contributed by atoms with Crippen LogP contribution in [0.15, 0.2) is 24.3 Å². The average Bonchev–Trinajstić information content (AvgIpc) is 2.60. The number of hydrogen-bond donors (Lipinski definition) is 0. The number of hydrogen-bond acceptors (Lipinski definition) is 4. The van der Waals surface area contributed by atoms with Crippen LogP contribution in [0.4, 0.5) is 18.9 Å². The number of benzene rings is 1. The largest absolute Gasteiger partial charge is 0.416 e. The Kier molecular flexibility index (Phi) is 4.70. The molecule has 0 bridgehead atoms. The Bertz CT molecular complexity index is 770. The Morgan fingerprint density at radius 3 is 2.19 bits per heavy atom. The Hall–Kier alpha value is -1.28. The molecule has 3 aliphatic heterocycles. The summed E-state index contributed by atoms with van der Waals surface area (Å²) in [6, 6.07) is 5.82. The Morgan fingerprint density at radius 2 is 1.63 bits per heavy atom. The number of likely N-dealkylation sites (tertiary alicyclic amines) is 1. The number of halogens is 3. The maximum atomic E-state index is 12.8. The van der Waals surface area contributed by atoms with Gasteiger partial charge >= 0.3 is 6.18 Å². The second-order valence-corrected chi connectivity index (χ2v) is 10.4. The Morgan fingerprint density at radius 1 is 1.00 bits per heavy atom. The summed E-state index contributed by atoms with van der Waals surface area (Å²) in [6.45, 7) is 3.51. The van der Waals surface area contributed by atoms with Crippen LogP contribution >= 0.6 is 0 Å².